The zero-order valence-corrected chi connectivity index (χ0v) is 10.3. The van der Waals surface area contributed by atoms with Crippen molar-refractivity contribution in [1.82, 2.24) is 10.2 Å². The molecule has 1 fully saturated rings. The van der Waals surface area contributed by atoms with Crippen molar-refractivity contribution in [2.45, 2.75) is 31.8 Å². The minimum absolute atomic E-state index is 0.616. The van der Waals surface area contributed by atoms with Gasteiger partial charge in [-0.05, 0) is 32.0 Å². The average molecular weight is 218 g/mol. The molecular weight excluding hydrogens is 196 g/mol. The summed E-state index contributed by atoms with van der Waals surface area (Å²) in [7, 11) is 2.26. The summed E-state index contributed by atoms with van der Waals surface area (Å²) in [6.45, 7) is 4.36. The molecule has 2 rings (SSSR count). The Morgan fingerprint density at radius 3 is 2.69 bits per heavy atom. The maximum Gasteiger partial charge on any atom is 0.0349 e. The van der Waals surface area contributed by atoms with Crippen molar-refractivity contribution in [3.63, 3.8) is 0 Å². The highest BCUT2D eigenvalue weighted by Crippen LogP contribution is 2.33. The van der Waals surface area contributed by atoms with Crippen molar-refractivity contribution in [1.29, 1.82) is 0 Å². The van der Waals surface area contributed by atoms with E-state index in [1.54, 1.807) is 0 Å². The molecule has 1 N–H and O–H groups in total. The molecule has 1 aliphatic heterocycles. The minimum atomic E-state index is 0.616. The molecule has 1 aromatic rings. The van der Waals surface area contributed by atoms with Crippen LogP contribution in [-0.4, -0.2) is 31.1 Å². The lowest BCUT2D eigenvalue weighted by Crippen LogP contribution is -2.36. The van der Waals surface area contributed by atoms with Crippen LogP contribution in [0.4, 0.5) is 0 Å². The normalized spacial score (nSPS) is 26.1. The van der Waals surface area contributed by atoms with Crippen LogP contribution in [0.5, 0.6) is 0 Å². The molecular formula is C14H22N2. The van der Waals surface area contributed by atoms with E-state index in [1.165, 1.54) is 18.4 Å². The second-order valence-electron chi connectivity index (χ2n) is 4.63. The quantitative estimate of drug-likeness (QED) is 0.835. The zero-order valence-electron chi connectivity index (χ0n) is 10.3. The van der Waals surface area contributed by atoms with Crippen molar-refractivity contribution in [3.05, 3.63) is 35.9 Å². The third-order valence-electron chi connectivity index (χ3n) is 3.66. The molecule has 1 aromatic carbocycles. The van der Waals surface area contributed by atoms with E-state index in [1.807, 2.05) is 0 Å². The number of rotatable bonds is 4. The number of nitrogens with one attached hydrogen (secondary N) is 1. The predicted octanol–water partition coefficient (Wildman–Crippen LogP) is 2.43. The molecule has 0 unspecified atom stereocenters. The Morgan fingerprint density at radius 2 is 2.00 bits per heavy atom. The average Bonchev–Trinajstić information content (AvgIpc) is 2.69. The number of likely N-dealkylation sites (tertiary alicyclic amines) is 1. The molecule has 88 valence electrons. The van der Waals surface area contributed by atoms with Crippen molar-refractivity contribution in [3.8, 4) is 0 Å². The van der Waals surface area contributed by atoms with Crippen LogP contribution in [0.1, 0.15) is 31.4 Å². The molecule has 0 bridgehead atoms. The smallest absolute Gasteiger partial charge is 0.0349 e. The Hall–Kier alpha value is -0.860. The van der Waals surface area contributed by atoms with Crippen molar-refractivity contribution in [2.24, 2.45) is 0 Å². The topological polar surface area (TPSA) is 15.3 Å². The number of benzene rings is 1. The van der Waals surface area contributed by atoms with Gasteiger partial charge in [0.15, 0.2) is 0 Å². The minimum Gasteiger partial charge on any atom is -0.315 e. The van der Waals surface area contributed by atoms with Crippen molar-refractivity contribution < 1.29 is 0 Å². The highest BCUT2D eigenvalue weighted by Gasteiger charge is 2.30. The second kappa shape index (κ2) is 5.46. The van der Waals surface area contributed by atoms with Crippen molar-refractivity contribution >= 4 is 0 Å². The summed E-state index contributed by atoms with van der Waals surface area (Å²) in [4.78, 5) is 2.53. The van der Waals surface area contributed by atoms with Gasteiger partial charge < -0.3 is 5.32 Å². The molecule has 1 aliphatic rings. The highest BCUT2D eigenvalue weighted by molar-refractivity contribution is 5.20. The molecule has 2 atom stereocenters. The summed E-state index contributed by atoms with van der Waals surface area (Å²) >= 11 is 0. The van der Waals surface area contributed by atoms with E-state index < -0.39 is 0 Å². The molecule has 0 aliphatic carbocycles. The molecule has 0 aromatic heterocycles. The first-order valence-electron chi connectivity index (χ1n) is 6.30. The van der Waals surface area contributed by atoms with Crippen LogP contribution in [0.25, 0.3) is 0 Å². The van der Waals surface area contributed by atoms with Crippen LogP contribution in [0.2, 0.25) is 0 Å². The number of hydrogen-bond donors (Lipinski definition) is 1. The molecule has 16 heavy (non-hydrogen) atoms. The fraction of sp³-hybridized carbons (Fsp3) is 0.571. The SMILES string of the molecule is CCNC[C@@H]1CC[C@H](c2ccccc2)N1C. The summed E-state index contributed by atoms with van der Waals surface area (Å²) in [5.41, 5.74) is 1.46. The molecule has 0 radical (unpaired) electrons. The Kier molecular flexibility index (Phi) is 3.97. The van der Waals surface area contributed by atoms with E-state index >= 15 is 0 Å². The van der Waals surface area contributed by atoms with Gasteiger partial charge in [-0.2, -0.15) is 0 Å². The van der Waals surface area contributed by atoms with E-state index in [0.717, 1.165) is 13.1 Å². The Labute approximate surface area is 98.7 Å². The zero-order chi connectivity index (χ0) is 11.4. The van der Waals surface area contributed by atoms with Gasteiger partial charge in [0.05, 0.1) is 0 Å². The lowest BCUT2D eigenvalue weighted by atomic mass is 10.1. The van der Waals surface area contributed by atoms with Crippen LogP contribution in [0, 0.1) is 0 Å². The Morgan fingerprint density at radius 1 is 1.25 bits per heavy atom. The maximum atomic E-state index is 3.45. The fourth-order valence-electron chi connectivity index (χ4n) is 2.65. The van der Waals surface area contributed by atoms with Gasteiger partial charge in [-0.3, -0.25) is 4.90 Å². The number of likely N-dealkylation sites (N-methyl/N-ethyl adjacent to an activating group) is 2. The van der Waals surface area contributed by atoms with E-state index in [9.17, 15) is 0 Å². The molecule has 0 amide bonds. The van der Waals surface area contributed by atoms with Gasteiger partial charge in [-0.1, -0.05) is 37.3 Å². The predicted molar refractivity (Wildman–Crippen MR) is 68.5 cm³/mol. The van der Waals surface area contributed by atoms with E-state index in [4.69, 9.17) is 0 Å². The lowest BCUT2D eigenvalue weighted by Gasteiger charge is -2.26. The highest BCUT2D eigenvalue weighted by atomic mass is 15.2. The molecule has 1 saturated heterocycles. The summed E-state index contributed by atoms with van der Waals surface area (Å²) < 4.78 is 0. The molecule has 0 saturated carbocycles. The molecule has 0 spiro atoms. The lowest BCUT2D eigenvalue weighted by molar-refractivity contribution is 0.238. The standard InChI is InChI=1S/C14H22N2/c1-3-15-11-13-9-10-14(16(13)2)12-7-5-4-6-8-12/h4-8,13-15H,3,9-11H2,1-2H3/t13-,14+/m0/s1. The number of nitrogens with zero attached hydrogens (tertiary/aromatic N) is 1. The summed E-state index contributed by atoms with van der Waals surface area (Å²) in [5.74, 6) is 0. The molecule has 2 nitrogen and oxygen atoms in total. The van der Waals surface area contributed by atoms with Gasteiger partial charge in [-0.15, -0.1) is 0 Å². The third kappa shape index (κ3) is 2.45. The van der Waals surface area contributed by atoms with Gasteiger partial charge in [0, 0.05) is 18.6 Å². The molecule has 1 heterocycles. The van der Waals surface area contributed by atoms with E-state index in [2.05, 4.69) is 54.5 Å². The largest absolute Gasteiger partial charge is 0.315 e. The van der Waals surface area contributed by atoms with E-state index in [-0.39, 0.29) is 0 Å². The second-order valence-corrected chi connectivity index (χ2v) is 4.63. The van der Waals surface area contributed by atoms with Crippen LogP contribution in [0.15, 0.2) is 30.3 Å². The van der Waals surface area contributed by atoms with Gasteiger partial charge >= 0.3 is 0 Å². The number of hydrogen-bond acceptors (Lipinski definition) is 2. The van der Waals surface area contributed by atoms with Gasteiger partial charge in [0.1, 0.15) is 0 Å². The Balaban J connectivity index is 1.99. The summed E-state index contributed by atoms with van der Waals surface area (Å²) in [5, 5.41) is 3.45. The Bertz CT molecular complexity index is 310. The van der Waals surface area contributed by atoms with Gasteiger partial charge in [0.25, 0.3) is 0 Å². The van der Waals surface area contributed by atoms with E-state index in [0.29, 0.717) is 12.1 Å². The fourth-order valence-corrected chi connectivity index (χ4v) is 2.65. The van der Waals surface area contributed by atoms with Crippen LogP contribution in [-0.2, 0) is 0 Å². The van der Waals surface area contributed by atoms with Crippen LogP contribution >= 0.6 is 0 Å². The first-order chi connectivity index (χ1) is 7.83. The van der Waals surface area contributed by atoms with Crippen molar-refractivity contribution in [2.75, 3.05) is 20.1 Å². The first kappa shape index (κ1) is 11.6. The van der Waals surface area contributed by atoms with Crippen LogP contribution < -0.4 is 5.32 Å². The first-order valence-corrected chi connectivity index (χ1v) is 6.30. The molecule has 2 heteroatoms. The third-order valence-corrected chi connectivity index (χ3v) is 3.66. The van der Waals surface area contributed by atoms with Gasteiger partial charge in [-0.25, -0.2) is 0 Å². The maximum absolute atomic E-state index is 3.45. The van der Waals surface area contributed by atoms with Crippen LogP contribution in [0.3, 0.4) is 0 Å². The summed E-state index contributed by atoms with van der Waals surface area (Å²) in [6.07, 6.45) is 2.60. The summed E-state index contributed by atoms with van der Waals surface area (Å²) in [6, 6.07) is 12.2. The monoisotopic (exact) mass is 218 g/mol. The van der Waals surface area contributed by atoms with Gasteiger partial charge in [0.2, 0.25) is 0 Å².